The van der Waals surface area contributed by atoms with E-state index in [-0.39, 0.29) is 11.8 Å². The number of amides is 1. The van der Waals surface area contributed by atoms with Crippen LogP contribution in [-0.2, 0) is 4.79 Å². The Kier molecular flexibility index (Phi) is 4.63. The molecule has 4 heterocycles. The van der Waals surface area contributed by atoms with Crippen LogP contribution in [0.5, 0.6) is 0 Å². The van der Waals surface area contributed by atoms with E-state index in [0.717, 1.165) is 29.3 Å². The van der Waals surface area contributed by atoms with Gasteiger partial charge in [0.15, 0.2) is 5.58 Å². The second-order valence-corrected chi connectivity index (χ2v) is 8.65. The van der Waals surface area contributed by atoms with E-state index in [1.807, 2.05) is 29.2 Å². The number of oxazole rings is 1. The number of aromatic nitrogens is 3. The number of hydrogen-bond acceptors (Lipinski definition) is 7. The number of carbonyl (C=O) groups excluding carboxylic acids is 1. The number of rotatable bonds is 5. The van der Waals surface area contributed by atoms with E-state index in [1.54, 1.807) is 19.4 Å². The molecule has 2 fully saturated rings. The summed E-state index contributed by atoms with van der Waals surface area (Å²) in [6, 6.07) is 7.57. The Hall–Kier alpha value is -3.75. The number of hydrogen-bond donors (Lipinski definition) is 2. The summed E-state index contributed by atoms with van der Waals surface area (Å²) in [5.74, 6) is 1.68. The molecule has 4 aromatic rings. The SMILES string of the molecule is CNc1ncc(-c2nc3cc(N4CCC(F)C4)ccc3o2)c2cc(NC(=O)C3CC3)ncc12. The largest absolute Gasteiger partial charge is 0.436 e. The van der Waals surface area contributed by atoms with Crippen LogP contribution in [0.15, 0.2) is 41.1 Å². The summed E-state index contributed by atoms with van der Waals surface area (Å²) in [5.41, 5.74) is 2.99. The number of nitrogens with zero attached hydrogens (tertiary/aromatic N) is 4. The Morgan fingerprint density at radius 1 is 1.15 bits per heavy atom. The van der Waals surface area contributed by atoms with Crippen molar-refractivity contribution >= 4 is 45.1 Å². The number of carbonyl (C=O) groups is 1. The summed E-state index contributed by atoms with van der Waals surface area (Å²) < 4.78 is 19.7. The lowest BCUT2D eigenvalue weighted by Gasteiger charge is -2.16. The first-order chi connectivity index (χ1) is 16.1. The van der Waals surface area contributed by atoms with Crippen molar-refractivity contribution in [3.63, 3.8) is 0 Å². The summed E-state index contributed by atoms with van der Waals surface area (Å²) in [7, 11) is 1.80. The minimum Gasteiger partial charge on any atom is -0.436 e. The fraction of sp³-hybridized carbons (Fsp3) is 0.333. The number of benzene rings is 1. The fourth-order valence-corrected chi connectivity index (χ4v) is 4.33. The molecule has 1 aliphatic heterocycles. The maximum absolute atomic E-state index is 13.6. The van der Waals surface area contributed by atoms with Crippen molar-refractivity contribution in [2.24, 2.45) is 5.92 Å². The first-order valence-electron chi connectivity index (χ1n) is 11.2. The number of halogens is 1. The lowest BCUT2D eigenvalue weighted by atomic mass is 10.1. The lowest BCUT2D eigenvalue weighted by molar-refractivity contribution is -0.117. The molecule has 2 N–H and O–H groups in total. The highest BCUT2D eigenvalue weighted by molar-refractivity contribution is 6.03. The van der Waals surface area contributed by atoms with Gasteiger partial charge in [-0.3, -0.25) is 4.79 Å². The van der Waals surface area contributed by atoms with Crippen LogP contribution < -0.4 is 15.5 Å². The highest BCUT2D eigenvalue weighted by Gasteiger charge is 2.30. The van der Waals surface area contributed by atoms with Crippen LogP contribution in [-0.4, -0.2) is 47.2 Å². The van der Waals surface area contributed by atoms with Crippen LogP contribution in [0, 0.1) is 5.92 Å². The van der Waals surface area contributed by atoms with E-state index >= 15 is 0 Å². The first kappa shape index (κ1) is 19.9. The van der Waals surface area contributed by atoms with Crippen LogP contribution in [0.4, 0.5) is 21.7 Å². The van der Waals surface area contributed by atoms with Crippen LogP contribution in [0.2, 0.25) is 0 Å². The molecule has 1 atom stereocenters. The van der Waals surface area contributed by atoms with Crippen molar-refractivity contribution in [1.82, 2.24) is 15.0 Å². The second kappa shape index (κ2) is 7.68. The highest BCUT2D eigenvalue weighted by Crippen LogP contribution is 2.35. The number of anilines is 3. The van der Waals surface area contributed by atoms with Gasteiger partial charge in [0.25, 0.3) is 0 Å². The third kappa shape index (κ3) is 3.63. The molecule has 1 saturated carbocycles. The van der Waals surface area contributed by atoms with E-state index in [1.165, 1.54) is 0 Å². The van der Waals surface area contributed by atoms with E-state index in [9.17, 15) is 9.18 Å². The second-order valence-electron chi connectivity index (χ2n) is 8.65. The zero-order chi connectivity index (χ0) is 22.5. The van der Waals surface area contributed by atoms with Gasteiger partial charge in [0, 0.05) is 54.9 Å². The Morgan fingerprint density at radius 2 is 2.03 bits per heavy atom. The molecule has 1 amide bonds. The molecule has 1 unspecified atom stereocenters. The Bertz CT molecular complexity index is 1380. The normalized spacial score (nSPS) is 18.2. The van der Waals surface area contributed by atoms with Gasteiger partial charge in [0.2, 0.25) is 11.8 Å². The summed E-state index contributed by atoms with van der Waals surface area (Å²) >= 11 is 0. The topological polar surface area (TPSA) is 96.2 Å². The summed E-state index contributed by atoms with van der Waals surface area (Å²) in [6.07, 6.45) is 5.01. The quantitative estimate of drug-likeness (QED) is 0.470. The van der Waals surface area contributed by atoms with Gasteiger partial charge in [-0.2, -0.15) is 0 Å². The smallest absolute Gasteiger partial charge is 0.229 e. The Labute approximate surface area is 189 Å². The standard InChI is InChI=1S/C24H23FN6O2/c1-26-22-17-10-27-21(30-23(32)13-2-3-13)9-16(17)18(11-28-22)24-29-19-8-15(4-5-20(19)33-24)31-7-6-14(25)12-31/h4-5,8-11,13-14H,2-3,6-7,12H2,1H3,(H,26,28)(H,27,30,32). The monoisotopic (exact) mass is 446 g/mol. The molecule has 6 rings (SSSR count). The number of pyridine rings is 2. The van der Waals surface area contributed by atoms with Crippen molar-refractivity contribution in [2.75, 3.05) is 35.7 Å². The molecule has 1 aliphatic carbocycles. The highest BCUT2D eigenvalue weighted by atomic mass is 19.1. The van der Waals surface area contributed by atoms with Gasteiger partial charge in [0.05, 0.1) is 5.56 Å². The number of nitrogens with one attached hydrogen (secondary N) is 2. The minimum absolute atomic E-state index is 0.00174. The summed E-state index contributed by atoms with van der Waals surface area (Å²) in [6.45, 7) is 1.10. The summed E-state index contributed by atoms with van der Waals surface area (Å²) in [5, 5.41) is 7.60. The number of alkyl halides is 1. The Balaban J connectivity index is 1.42. The molecule has 1 aromatic carbocycles. The van der Waals surface area contributed by atoms with Gasteiger partial charge in [-0.25, -0.2) is 19.3 Å². The van der Waals surface area contributed by atoms with Crippen molar-refractivity contribution in [3.8, 4) is 11.5 Å². The van der Waals surface area contributed by atoms with Crippen LogP contribution in [0.3, 0.4) is 0 Å². The van der Waals surface area contributed by atoms with Crippen LogP contribution in [0.1, 0.15) is 19.3 Å². The van der Waals surface area contributed by atoms with Crippen molar-refractivity contribution < 1.29 is 13.6 Å². The van der Waals surface area contributed by atoms with Gasteiger partial charge in [-0.1, -0.05) is 0 Å². The maximum Gasteiger partial charge on any atom is 0.229 e. The molecule has 33 heavy (non-hydrogen) atoms. The first-order valence-corrected chi connectivity index (χ1v) is 11.2. The van der Waals surface area contributed by atoms with Crippen molar-refractivity contribution in [1.29, 1.82) is 0 Å². The molecule has 0 bridgehead atoms. The lowest BCUT2D eigenvalue weighted by Crippen LogP contribution is -2.19. The predicted octanol–water partition coefficient (Wildman–Crippen LogP) is 4.38. The third-order valence-corrected chi connectivity index (χ3v) is 6.31. The van der Waals surface area contributed by atoms with Gasteiger partial charge in [-0.05, 0) is 43.5 Å². The number of fused-ring (bicyclic) bond motifs is 2. The molecular weight excluding hydrogens is 423 g/mol. The average molecular weight is 446 g/mol. The zero-order valence-corrected chi connectivity index (χ0v) is 18.1. The van der Waals surface area contributed by atoms with Crippen molar-refractivity contribution in [3.05, 3.63) is 36.7 Å². The van der Waals surface area contributed by atoms with Gasteiger partial charge in [-0.15, -0.1) is 0 Å². The van der Waals surface area contributed by atoms with E-state index < -0.39 is 6.17 Å². The van der Waals surface area contributed by atoms with Crippen LogP contribution in [0.25, 0.3) is 33.3 Å². The Morgan fingerprint density at radius 3 is 2.79 bits per heavy atom. The molecule has 9 heteroatoms. The van der Waals surface area contributed by atoms with Crippen molar-refractivity contribution in [2.45, 2.75) is 25.4 Å². The molecular formula is C24H23FN6O2. The summed E-state index contributed by atoms with van der Waals surface area (Å²) in [4.78, 5) is 27.9. The van der Waals surface area contributed by atoms with Crippen LogP contribution >= 0.6 is 0 Å². The van der Waals surface area contributed by atoms with E-state index in [0.29, 0.717) is 53.7 Å². The van der Waals surface area contributed by atoms with Gasteiger partial charge < -0.3 is 20.0 Å². The molecule has 3 aromatic heterocycles. The third-order valence-electron chi connectivity index (χ3n) is 6.31. The molecule has 2 aliphatic rings. The molecule has 0 spiro atoms. The predicted molar refractivity (Wildman–Crippen MR) is 125 cm³/mol. The molecule has 168 valence electrons. The minimum atomic E-state index is -0.792. The van der Waals surface area contributed by atoms with Gasteiger partial charge >= 0.3 is 0 Å². The molecule has 0 radical (unpaired) electrons. The fourth-order valence-electron chi connectivity index (χ4n) is 4.33. The van der Waals surface area contributed by atoms with Gasteiger partial charge in [0.1, 0.15) is 23.3 Å². The zero-order valence-electron chi connectivity index (χ0n) is 18.1. The average Bonchev–Trinajstić information content (AvgIpc) is 3.46. The van der Waals surface area contributed by atoms with E-state index in [2.05, 4.69) is 20.6 Å². The molecule has 1 saturated heterocycles. The molecule has 8 nitrogen and oxygen atoms in total. The maximum atomic E-state index is 13.6. The van der Waals surface area contributed by atoms with E-state index in [4.69, 9.17) is 9.40 Å².